The first kappa shape index (κ1) is 19.6. The molecule has 2 unspecified atom stereocenters. The molecule has 1 aliphatic rings. The third-order valence-corrected chi connectivity index (χ3v) is 7.14. The van der Waals surface area contributed by atoms with Crippen LogP contribution in [0.15, 0.2) is 18.2 Å². The van der Waals surface area contributed by atoms with Crippen molar-refractivity contribution in [1.29, 1.82) is 0 Å². The minimum atomic E-state index is -3.11. The molecule has 146 valence electrons. The van der Waals surface area contributed by atoms with Crippen molar-refractivity contribution in [2.75, 3.05) is 23.8 Å². The number of carbonyl (C=O) groups excluding carboxylic acids is 2. The molecule has 1 aromatic heterocycles. The van der Waals surface area contributed by atoms with Crippen molar-refractivity contribution in [3.63, 3.8) is 0 Å². The van der Waals surface area contributed by atoms with E-state index < -0.39 is 27.8 Å². The highest BCUT2D eigenvalue weighted by molar-refractivity contribution is 7.91. The molecule has 1 fully saturated rings. The van der Waals surface area contributed by atoms with Crippen LogP contribution in [-0.4, -0.2) is 60.4 Å². The Labute approximate surface area is 161 Å². The molecular formula is C17H21N3O5S2. The van der Waals surface area contributed by atoms with Crippen LogP contribution in [0.4, 0.5) is 5.13 Å². The van der Waals surface area contributed by atoms with E-state index in [4.69, 9.17) is 10.5 Å². The standard InChI is InChI=1S/C17H21N3O5S2/c1-3-20(12-6-7-27(23,24)9-12)15(21)10(2)25-16(22)11-4-5-13-14(8-11)26-17(18)19-13/h4-5,8,10,12H,3,6-7,9H2,1-2H3,(H2,18,19). The van der Waals surface area contributed by atoms with Crippen molar-refractivity contribution < 1.29 is 22.7 Å². The number of hydrogen-bond donors (Lipinski definition) is 1. The quantitative estimate of drug-likeness (QED) is 0.740. The lowest BCUT2D eigenvalue weighted by Gasteiger charge is -2.29. The van der Waals surface area contributed by atoms with Gasteiger partial charge in [-0.1, -0.05) is 11.3 Å². The van der Waals surface area contributed by atoms with Gasteiger partial charge in [0.25, 0.3) is 5.91 Å². The van der Waals surface area contributed by atoms with Crippen LogP contribution in [-0.2, 0) is 19.4 Å². The molecule has 1 saturated heterocycles. The van der Waals surface area contributed by atoms with E-state index in [9.17, 15) is 18.0 Å². The molecule has 2 aromatic rings. The summed E-state index contributed by atoms with van der Waals surface area (Å²) in [6.45, 7) is 3.63. The van der Waals surface area contributed by atoms with Crippen molar-refractivity contribution in [3.8, 4) is 0 Å². The van der Waals surface area contributed by atoms with Gasteiger partial charge in [-0.25, -0.2) is 18.2 Å². The van der Waals surface area contributed by atoms with Gasteiger partial charge in [-0.3, -0.25) is 4.79 Å². The van der Waals surface area contributed by atoms with E-state index in [1.54, 1.807) is 25.1 Å². The summed E-state index contributed by atoms with van der Waals surface area (Å²) in [4.78, 5) is 30.7. The number of sulfone groups is 1. The fourth-order valence-electron chi connectivity index (χ4n) is 3.20. The number of likely N-dealkylation sites (N-methyl/N-ethyl adjacent to an activating group) is 1. The highest BCUT2D eigenvalue weighted by Crippen LogP contribution is 2.25. The van der Waals surface area contributed by atoms with E-state index in [2.05, 4.69) is 4.98 Å². The lowest BCUT2D eigenvalue weighted by molar-refractivity contribution is -0.141. The second-order valence-corrected chi connectivity index (χ2v) is 9.75. The number of hydrogen-bond acceptors (Lipinski definition) is 8. The first-order valence-corrected chi connectivity index (χ1v) is 11.2. The fourth-order valence-corrected chi connectivity index (χ4v) is 5.70. The van der Waals surface area contributed by atoms with Crippen LogP contribution in [0.25, 0.3) is 10.2 Å². The predicted molar refractivity (Wildman–Crippen MR) is 103 cm³/mol. The first-order chi connectivity index (χ1) is 12.7. The summed E-state index contributed by atoms with van der Waals surface area (Å²) in [5, 5.41) is 0.407. The maximum Gasteiger partial charge on any atom is 0.338 e. The molecule has 2 N–H and O–H groups in total. The average molecular weight is 412 g/mol. The summed E-state index contributed by atoms with van der Waals surface area (Å²) >= 11 is 1.26. The second kappa shape index (κ2) is 7.43. The number of benzene rings is 1. The Morgan fingerprint density at radius 1 is 1.44 bits per heavy atom. The van der Waals surface area contributed by atoms with Crippen LogP contribution in [0.5, 0.6) is 0 Å². The molecule has 0 saturated carbocycles. The first-order valence-electron chi connectivity index (χ1n) is 8.58. The number of nitrogen functional groups attached to an aromatic ring is 1. The largest absolute Gasteiger partial charge is 0.449 e. The molecule has 0 aliphatic carbocycles. The normalized spacial score (nSPS) is 19.7. The minimum absolute atomic E-state index is 0.0449. The number of rotatable bonds is 5. The van der Waals surface area contributed by atoms with E-state index in [1.165, 1.54) is 23.2 Å². The Hall–Kier alpha value is -2.20. The molecule has 10 heteroatoms. The summed E-state index contributed by atoms with van der Waals surface area (Å²) in [6.07, 6.45) is -0.602. The van der Waals surface area contributed by atoms with Crippen LogP contribution in [0.3, 0.4) is 0 Å². The van der Waals surface area contributed by atoms with Gasteiger partial charge in [0, 0.05) is 12.6 Å². The Balaban J connectivity index is 1.69. The number of esters is 1. The van der Waals surface area contributed by atoms with Gasteiger partial charge in [-0.15, -0.1) is 0 Å². The number of nitrogens with zero attached hydrogens (tertiary/aromatic N) is 2. The number of fused-ring (bicyclic) bond motifs is 1. The maximum atomic E-state index is 12.7. The summed E-state index contributed by atoms with van der Waals surface area (Å²) in [5.41, 5.74) is 6.66. The van der Waals surface area contributed by atoms with Crippen molar-refractivity contribution in [3.05, 3.63) is 23.8 Å². The fraction of sp³-hybridized carbons (Fsp3) is 0.471. The van der Waals surface area contributed by atoms with E-state index in [0.717, 1.165) is 4.70 Å². The van der Waals surface area contributed by atoms with E-state index >= 15 is 0 Å². The topological polar surface area (TPSA) is 120 Å². The lowest BCUT2D eigenvalue weighted by atomic mass is 10.2. The van der Waals surface area contributed by atoms with Gasteiger partial charge in [0.05, 0.1) is 27.3 Å². The van der Waals surface area contributed by atoms with Gasteiger partial charge >= 0.3 is 5.97 Å². The SMILES string of the molecule is CCN(C(=O)C(C)OC(=O)c1ccc2nc(N)sc2c1)C1CCS(=O)(=O)C1. The maximum absolute atomic E-state index is 12.7. The second-order valence-electron chi connectivity index (χ2n) is 6.46. The number of thiazole rings is 1. The van der Waals surface area contributed by atoms with E-state index in [0.29, 0.717) is 29.2 Å². The number of amides is 1. The summed E-state index contributed by atoms with van der Waals surface area (Å²) < 4.78 is 29.5. The molecule has 0 radical (unpaired) electrons. The van der Waals surface area contributed by atoms with E-state index in [1.807, 2.05) is 0 Å². The highest BCUT2D eigenvalue weighted by Gasteiger charge is 2.36. The Kier molecular flexibility index (Phi) is 5.38. The summed E-state index contributed by atoms with van der Waals surface area (Å²) in [5.74, 6) is -0.986. The zero-order chi connectivity index (χ0) is 19.8. The van der Waals surface area contributed by atoms with Gasteiger partial charge < -0.3 is 15.4 Å². The van der Waals surface area contributed by atoms with Crippen molar-refractivity contribution in [2.45, 2.75) is 32.4 Å². The molecule has 1 aliphatic heterocycles. The van der Waals surface area contributed by atoms with Gasteiger partial charge in [0.1, 0.15) is 0 Å². The monoisotopic (exact) mass is 411 g/mol. The molecule has 8 nitrogen and oxygen atoms in total. The third-order valence-electron chi connectivity index (χ3n) is 4.55. The summed E-state index contributed by atoms with van der Waals surface area (Å²) in [7, 11) is -3.11. The lowest BCUT2D eigenvalue weighted by Crippen LogP contribution is -2.46. The van der Waals surface area contributed by atoms with Crippen LogP contribution >= 0.6 is 11.3 Å². The van der Waals surface area contributed by atoms with Crippen LogP contribution in [0, 0.1) is 0 Å². The number of ether oxygens (including phenoxy) is 1. The highest BCUT2D eigenvalue weighted by atomic mass is 32.2. The minimum Gasteiger partial charge on any atom is -0.449 e. The van der Waals surface area contributed by atoms with Crippen LogP contribution < -0.4 is 5.73 Å². The molecule has 2 atom stereocenters. The van der Waals surface area contributed by atoms with Crippen molar-refractivity contribution in [1.82, 2.24) is 9.88 Å². The predicted octanol–water partition coefficient (Wildman–Crippen LogP) is 1.46. The van der Waals surface area contributed by atoms with Crippen LogP contribution in [0.1, 0.15) is 30.6 Å². The van der Waals surface area contributed by atoms with Gasteiger partial charge in [-0.2, -0.15) is 0 Å². The molecule has 1 aromatic carbocycles. The smallest absolute Gasteiger partial charge is 0.338 e. The van der Waals surface area contributed by atoms with Crippen molar-refractivity contribution in [2.24, 2.45) is 0 Å². The number of nitrogens with two attached hydrogens (primary N) is 1. The molecule has 3 rings (SSSR count). The van der Waals surface area contributed by atoms with Crippen LogP contribution in [0.2, 0.25) is 0 Å². The molecule has 27 heavy (non-hydrogen) atoms. The zero-order valence-electron chi connectivity index (χ0n) is 15.0. The molecule has 2 heterocycles. The Bertz CT molecular complexity index is 986. The van der Waals surface area contributed by atoms with E-state index in [-0.39, 0.29) is 17.5 Å². The zero-order valence-corrected chi connectivity index (χ0v) is 16.7. The summed E-state index contributed by atoms with van der Waals surface area (Å²) in [6, 6.07) is 4.50. The molecule has 0 spiro atoms. The van der Waals surface area contributed by atoms with Gasteiger partial charge in [0.2, 0.25) is 0 Å². The Morgan fingerprint density at radius 2 is 2.19 bits per heavy atom. The van der Waals surface area contributed by atoms with Gasteiger partial charge in [-0.05, 0) is 38.5 Å². The van der Waals surface area contributed by atoms with Crippen molar-refractivity contribution >= 4 is 48.4 Å². The Morgan fingerprint density at radius 3 is 2.81 bits per heavy atom. The van der Waals surface area contributed by atoms with Gasteiger partial charge in [0.15, 0.2) is 21.1 Å². The molecule has 0 bridgehead atoms. The third kappa shape index (κ3) is 4.22. The number of aromatic nitrogens is 1. The average Bonchev–Trinajstić information content (AvgIpc) is 3.15. The molecular weight excluding hydrogens is 390 g/mol. The number of anilines is 1. The molecule has 1 amide bonds. The number of carbonyl (C=O) groups is 2.